The Labute approximate surface area is 108 Å². The second-order valence-electron chi connectivity index (χ2n) is 4.31. The van der Waals surface area contributed by atoms with Crippen molar-refractivity contribution in [1.29, 1.82) is 0 Å². The molecule has 0 bridgehead atoms. The van der Waals surface area contributed by atoms with E-state index in [0.717, 1.165) is 13.1 Å². The maximum absolute atomic E-state index is 3.44. The van der Waals surface area contributed by atoms with Crippen LogP contribution in [0.4, 0.5) is 0 Å². The standard InChI is InChI=1S/C15H19NS/c1-3-8-16-11-13-5-4-6-14(10-13)15-12(2)7-9-17-15/h4-7,9-10,16H,3,8,11H2,1-2H3. The Bertz CT molecular complexity index is 473. The number of rotatable bonds is 5. The van der Waals surface area contributed by atoms with Crippen molar-refractivity contribution in [2.75, 3.05) is 6.54 Å². The van der Waals surface area contributed by atoms with E-state index in [4.69, 9.17) is 0 Å². The molecule has 0 radical (unpaired) electrons. The van der Waals surface area contributed by atoms with Crippen LogP contribution in [-0.2, 0) is 6.54 Å². The maximum atomic E-state index is 3.44. The fourth-order valence-corrected chi connectivity index (χ4v) is 2.83. The highest BCUT2D eigenvalue weighted by molar-refractivity contribution is 7.13. The first-order chi connectivity index (χ1) is 8.31. The van der Waals surface area contributed by atoms with E-state index in [9.17, 15) is 0 Å². The number of nitrogens with one attached hydrogen (secondary N) is 1. The summed E-state index contributed by atoms with van der Waals surface area (Å²) in [6.45, 7) is 6.42. The number of hydrogen-bond acceptors (Lipinski definition) is 2. The number of aryl methyl sites for hydroxylation is 1. The second kappa shape index (κ2) is 5.99. The maximum Gasteiger partial charge on any atom is 0.0371 e. The molecule has 2 rings (SSSR count). The van der Waals surface area contributed by atoms with Crippen molar-refractivity contribution in [3.8, 4) is 10.4 Å². The third-order valence-electron chi connectivity index (χ3n) is 2.81. The highest BCUT2D eigenvalue weighted by Crippen LogP contribution is 2.29. The smallest absolute Gasteiger partial charge is 0.0371 e. The van der Waals surface area contributed by atoms with Crippen LogP contribution in [0.1, 0.15) is 24.5 Å². The minimum atomic E-state index is 0.964. The van der Waals surface area contributed by atoms with Gasteiger partial charge in [0.25, 0.3) is 0 Å². The van der Waals surface area contributed by atoms with E-state index in [1.54, 1.807) is 0 Å². The van der Waals surface area contributed by atoms with Gasteiger partial charge in [-0.2, -0.15) is 0 Å². The molecule has 0 fully saturated rings. The monoisotopic (exact) mass is 245 g/mol. The molecule has 0 aliphatic heterocycles. The molecule has 0 saturated carbocycles. The number of benzene rings is 1. The van der Waals surface area contributed by atoms with Crippen LogP contribution < -0.4 is 5.32 Å². The van der Waals surface area contributed by atoms with E-state index in [1.807, 2.05) is 11.3 Å². The van der Waals surface area contributed by atoms with Crippen molar-refractivity contribution in [2.45, 2.75) is 26.8 Å². The molecule has 0 atom stereocenters. The predicted octanol–water partition coefficient (Wildman–Crippen LogP) is 4.22. The van der Waals surface area contributed by atoms with Crippen molar-refractivity contribution in [2.24, 2.45) is 0 Å². The molecule has 0 aliphatic carbocycles. The first kappa shape index (κ1) is 12.3. The van der Waals surface area contributed by atoms with E-state index in [-0.39, 0.29) is 0 Å². The van der Waals surface area contributed by atoms with Crippen LogP contribution in [0.25, 0.3) is 10.4 Å². The van der Waals surface area contributed by atoms with Gasteiger partial charge in [-0.1, -0.05) is 25.1 Å². The molecule has 2 aromatic rings. The van der Waals surface area contributed by atoms with Crippen LogP contribution in [0.5, 0.6) is 0 Å². The zero-order valence-electron chi connectivity index (χ0n) is 10.5. The molecular weight excluding hydrogens is 226 g/mol. The highest BCUT2D eigenvalue weighted by atomic mass is 32.1. The fourth-order valence-electron chi connectivity index (χ4n) is 1.90. The molecule has 1 nitrogen and oxygen atoms in total. The van der Waals surface area contributed by atoms with Gasteiger partial charge in [0.1, 0.15) is 0 Å². The third-order valence-corrected chi connectivity index (χ3v) is 3.87. The topological polar surface area (TPSA) is 12.0 Å². The largest absolute Gasteiger partial charge is 0.313 e. The van der Waals surface area contributed by atoms with Crippen molar-refractivity contribution in [1.82, 2.24) is 5.32 Å². The van der Waals surface area contributed by atoms with Crippen LogP contribution in [0, 0.1) is 6.92 Å². The lowest BCUT2D eigenvalue weighted by atomic mass is 10.1. The van der Waals surface area contributed by atoms with Gasteiger partial charge in [-0.25, -0.2) is 0 Å². The van der Waals surface area contributed by atoms with Crippen LogP contribution >= 0.6 is 11.3 Å². The van der Waals surface area contributed by atoms with Gasteiger partial charge in [-0.05, 0) is 54.1 Å². The molecular formula is C15H19NS. The van der Waals surface area contributed by atoms with E-state index < -0.39 is 0 Å². The van der Waals surface area contributed by atoms with Crippen LogP contribution in [0.15, 0.2) is 35.7 Å². The summed E-state index contributed by atoms with van der Waals surface area (Å²) < 4.78 is 0. The van der Waals surface area contributed by atoms with Gasteiger partial charge in [0.15, 0.2) is 0 Å². The average Bonchev–Trinajstić information content (AvgIpc) is 2.76. The molecule has 90 valence electrons. The highest BCUT2D eigenvalue weighted by Gasteiger charge is 2.03. The summed E-state index contributed by atoms with van der Waals surface area (Å²) >= 11 is 1.82. The zero-order valence-corrected chi connectivity index (χ0v) is 11.3. The Morgan fingerprint density at radius 1 is 1.24 bits per heavy atom. The quantitative estimate of drug-likeness (QED) is 0.778. The predicted molar refractivity (Wildman–Crippen MR) is 76.5 cm³/mol. The number of thiophene rings is 1. The zero-order chi connectivity index (χ0) is 12.1. The van der Waals surface area contributed by atoms with Crippen molar-refractivity contribution < 1.29 is 0 Å². The molecule has 1 aromatic heterocycles. The Hall–Kier alpha value is -1.12. The first-order valence-electron chi connectivity index (χ1n) is 6.15. The lowest BCUT2D eigenvalue weighted by Crippen LogP contribution is -2.13. The van der Waals surface area contributed by atoms with Crippen molar-refractivity contribution in [3.63, 3.8) is 0 Å². The molecule has 0 saturated heterocycles. The summed E-state index contributed by atoms with van der Waals surface area (Å²) in [5.74, 6) is 0. The van der Waals surface area contributed by atoms with E-state index >= 15 is 0 Å². The fraction of sp³-hybridized carbons (Fsp3) is 0.333. The minimum Gasteiger partial charge on any atom is -0.313 e. The molecule has 17 heavy (non-hydrogen) atoms. The molecule has 0 aliphatic rings. The van der Waals surface area contributed by atoms with Gasteiger partial charge in [-0.15, -0.1) is 11.3 Å². The Balaban J connectivity index is 2.14. The van der Waals surface area contributed by atoms with Gasteiger partial charge in [-0.3, -0.25) is 0 Å². The second-order valence-corrected chi connectivity index (χ2v) is 5.23. The summed E-state index contributed by atoms with van der Waals surface area (Å²) in [6.07, 6.45) is 1.18. The molecule has 2 heteroatoms. The summed E-state index contributed by atoms with van der Waals surface area (Å²) in [5, 5.41) is 5.60. The van der Waals surface area contributed by atoms with E-state index in [2.05, 4.69) is 54.9 Å². The van der Waals surface area contributed by atoms with Gasteiger partial charge < -0.3 is 5.32 Å². The summed E-state index contributed by atoms with van der Waals surface area (Å²) in [4.78, 5) is 1.39. The Morgan fingerprint density at radius 2 is 2.12 bits per heavy atom. The van der Waals surface area contributed by atoms with Crippen molar-refractivity contribution in [3.05, 3.63) is 46.8 Å². The van der Waals surface area contributed by atoms with Gasteiger partial charge in [0.2, 0.25) is 0 Å². The molecule has 1 heterocycles. The first-order valence-corrected chi connectivity index (χ1v) is 7.03. The molecule has 0 amide bonds. The summed E-state index contributed by atoms with van der Waals surface area (Å²) in [7, 11) is 0. The van der Waals surface area contributed by atoms with Gasteiger partial charge in [0, 0.05) is 11.4 Å². The molecule has 0 spiro atoms. The lowest BCUT2D eigenvalue weighted by Gasteiger charge is -2.06. The molecule has 1 aromatic carbocycles. The van der Waals surface area contributed by atoms with E-state index in [1.165, 1.54) is 28.0 Å². The van der Waals surface area contributed by atoms with Crippen LogP contribution in [0.3, 0.4) is 0 Å². The van der Waals surface area contributed by atoms with Crippen LogP contribution in [-0.4, -0.2) is 6.54 Å². The normalized spacial score (nSPS) is 10.7. The Kier molecular flexibility index (Phi) is 4.35. The minimum absolute atomic E-state index is 0.964. The third kappa shape index (κ3) is 3.18. The summed E-state index contributed by atoms with van der Waals surface area (Å²) in [6, 6.07) is 11.0. The van der Waals surface area contributed by atoms with Gasteiger partial charge >= 0.3 is 0 Å². The number of hydrogen-bond donors (Lipinski definition) is 1. The molecule has 1 N–H and O–H groups in total. The Morgan fingerprint density at radius 3 is 2.82 bits per heavy atom. The summed E-state index contributed by atoms with van der Waals surface area (Å²) in [5.41, 5.74) is 4.07. The van der Waals surface area contributed by atoms with Crippen LogP contribution in [0.2, 0.25) is 0 Å². The van der Waals surface area contributed by atoms with E-state index in [0.29, 0.717) is 0 Å². The van der Waals surface area contributed by atoms with Gasteiger partial charge in [0.05, 0.1) is 0 Å². The SMILES string of the molecule is CCCNCc1cccc(-c2sccc2C)c1. The molecule has 0 unspecified atom stereocenters. The lowest BCUT2D eigenvalue weighted by molar-refractivity contribution is 0.675. The average molecular weight is 245 g/mol. The van der Waals surface area contributed by atoms with Crippen molar-refractivity contribution >= 4 is 11.3 Å².